The quantitative estimate of drug-likeness (QED) is 0.883. The van der Waals surface area contributed by atoms with Gasteiger partial charge in [-0.3, -0.25) is 9.48 Å². The Hall–Kier alpha value is -2.57. The number of carbonyl (C=O) groups is 1. The fourth-order valence-corrected chi connectivity index (χ4v) is 1.80. The molecule has 0 aliphatic heterocycles. The van der Waals surface area contributed by atoms with Crippen LogP contribution in [0.15, 0.2) is 42.7 Å². The van der Waals surface area contributed by atoms with Crippen LogP contribution in [0.1, 0.15) is 16.7 Å². The Labute approximate surface area is 125 Å². The number of carbonyl (C=O) groups excluding carboxylic acids is 1. The molecule has 0 aliphatic carbocycles. The van der Waals surface area contributed by atoms with E-state index >= 15 is 0 Å². The largest absolute Gasteiger partial charge is 0.416 e. The van der Waals surface area contributed by atoms with Gasteiger partial charge in [0.15, 0.2) is 0 Å². The number of hydrogen-bond donors (Lipinski definition) is 1. The van der Waals surface area contributed by atoms with Crippen molar-refractivity contribution in [3.05, 3.63) is 59.4 Å². The summed E-state index contributed by atoms with van der Waals surface area (Å²) in [5.74, 6) is -0.388. The third-order valence-electron chi connectivity index (χ3n) is 2.87. The van der Waals surface area contributed by atoms with Gasteiger partial charge in [-0.15, -0.1) is 0 Å². The second-order valence-electron chi connectivity index (χ2n) is 4.70. The zero-order valence-electron chi connectivity index (χ0n) is 11.8. The van der Waals surface area contributed by atoms with Gasteiger partial charge in [0.2, 0.25) is 5.91 Å². The summed E-state index contributed by atoms with van der Waals surface area (Å²) in [7, 11) is 1.76. The van der Waals surface area contributed by atoms with Gasteiger partial charge >= 0.3 is 6.18 Å². The summed E-state index contributed by atoms with van der Waals surface area (Å²) in [6.07, 6.45) is 1.83. The smallest absolute Gasteiger partial charge is 0.348 e. The summed E-state index contributed by atoms with van der Waals surface area (Å²) in [4.78, 5) is 11.6. The lowest BCUT2D eigenvalue weighted by Gasteiger charge is -2.08. The molecule has 116 valence electrons. The van der Waals surface area contributed by atoms with E-state index in [1.165, 1.54) is 18.2 Å². The molecule has 1 aromatic carbocycles. The average molecular weight is 309 g/mol. The van der Waals surface area contributed by atoms with Gasteiger partial charge in [0.05, 0.1) is 11.8 Å². The van der Waals surface area contributed by atoms with E-state index in [-0.39, 0.29) is 12.5 Å². The highest BCUT2D eigenvalue weighted by Gasteiger charge is 2.30. The summed E-state index contributed by atoms with van der Waals surface area (Å²) in [5, 5.41) is 6.48. The normalized spacial score (nSPS) is 11.8. The van der Waals surface area contributed by atoms with E-state index in [9.17, 15) is 18.0 Å². The van der Waals surface area contributed by atoms with Crippen molar-refractivity contribution in [2.75, 3.05) is 0 Å². The van der Waals surface area contributed by atoms with E-state index in [2.05, 4.69) is 10.4 Å². The third kappa shape index (κ3) is 4.47. The summed E-state index contributed by atoms with van der Waals surface area (Å²) >= 11 is 0. The van der Waals surface area contributed by atoms with Crippen LogP contribution in [0.4, 0.5) is 13.2 Å². The number of aryl methyl sites for hydroxylation is 1. The number of hydrogen-bond acceptors (Lipinski definition) is 2. The second kappa shape index (κ2) is 6.46. The fourth-order valence-electron chi connectivity index (χ4n) is 1.80. The minimum absolute atomic E-state index is 0.0279. The minimum atomic E-state index is -4.39. The highest BCUT2D eigenvalue weighted by Crippen LogP contribution is 2.29. The maximum Gasteiger partial charge on any atom is 0.416 e. The zero-order chi connectivity index (χ0) is 16.2. The van der Waals surface area contributed by atoms with Crippen molar-refractivity contribution in [2.24, 2.45) is 7.05 Å². The molecular formula is C15H14F3N3O. The van der Waals surface area contributed by atoms with Gasteiger partial charge < -0.3 is 5.32 Å². The van der Waals surface area contributed by atoms with Gasteiger partial charge in [0.25, 0.3) is 0 Å². The highest BCUT2D eigenvalue weighted by molar-refractivity contribution is 5.91. The summed E-state index contributed by atoms with van der Waals surface area (Å²) in [5.41, 5.74) is 0.417. The molecule has 2 rings (SSSR count). The molecule has 4 nitrogen and oxygen atoms in total. The van der Waals surface area contributed by atoms with Crippen LogP contribution >= 0.6 is 0 Å². The van der Waals surface area contributed by atoms with E-state index in [4.69, 9.17) is 0 Å². The van der Waals surface area contributed by atoms with Crippen molar-refractivity contribution < 1.29 is 18.0 Å². The molecule has 1 aromatic heterocycles. The van der Waals surface area contributed by atoms with Crippen LogP contribution < -0.4 is 5.32 Å². The highest BCUT2D eigenvalue weighted by atomic mass is 19.4. The first-order valence-corrected chi connectivity index (χ1v) is 6.45. The summed E-state index contributed by atoms with van der Waals surface area (Å²) in [6, 6.07) is 4.86. The molecule has 0 spiro atoms. The molecule has 22 heavy (non-hydrogen) atoms. The number of rotatable bonds is 4. The molecule has 2 aromatic rings. The van der Waals surface area contributed by atoms with Crippen LogP contribution in [0.5, 0.6) is 0 Å². The second-order valence-corrected chi connectivity index (χ2v) is 4.70. The molecule has 0 fully saturated rings. The Morgan fingerprint density at radius 2 is 2.18 bits per heavy atom. The molecule has 0 bridgehead atoms. The van der Waals surface area contributed by atoms with Crippen LogP contribution in [-0.2, 0) is 24.6 Å². The molecule has 0 atom stereocenters. The van der Waals surface area contributed by atoms with Crippen molar-refractivity contribution in [1.29, 1.82) is 0 Å². The van der Waals surface area contributed by atoms with Crippen molar-refractivity contribution in [3.8, 4) is 0 Å². The lowest BCUT2D eigenvalue weighted by Crippen LogP contribution is -2.20. The van der Waals surface area contributed by atoms with E-state index < -0.39 is 11.7 Å². The molecule has 1 amide bonds. The molecule has 0 aliphatic rings. The number of halogens is 3. The topological polar surface area (TPSA) is 46.9 Å². The maximum atomic E-state index is 12.6. The third-order valence-corrected chi connectivity index (χ3v) is 2.87. The number of alkyl halides is 3. The Bertz CT molecular complexity index is 689. The number of nitrogens with zero attached hydrogens (tertiary/aromatic N) is 2. The number of nitrogens with one attached hydrogen (secondary N) is 1. The fraction of sp³-hybridized carbons (Fsp3) is 0.200. The Kier molecular flexibility index (Phi) is 4.65. The molecule has 0 radical (unpaired) electrons. The maximum absolute atomic E-state index is 12.6. The first-order valence-electron chi connectivity index (χ1n) is 6.45. The van der Waals surface area contributed by atoms with Crippen LogP contribution in [-0.4, -0.2) is 15.7 Å². The zero-order valence-corrected chi connectivity index (χ0v) is 11.8. The van der Waals surface area contributed by atoms with Gasteiger partial charge in [0.1, 0.15) is 0 Å². The SMILES string of the molecule is Cn1cc(/C=C\C(=O)NCc2cccc(C(F)(F)F)c2)cn1. The van der Waals surface area contributed by atoms with Gasteiger partial charge in [-0.25, -0.2) is 0 Å². The van der Waals surface area contributed by atoms with Crippen LogP contribution in [0, 0.1) is 0 Å². The Morgan fingerprint density at radius 1 is 1.41 bits per heavy atom. The lowest BCUT2D eigenvalue weighted by atomic mass is 10.1. The van der Waals surface area contributed by atoms with Crippen LogP contribution in [0.25, 0.3) is 6.08 Å². The molecule has 7 heteroatoms. The van der Waals surface area contributed by atoms with Gasteiger partial charge in [-0.2, -0.15) is 18.3 Å². The van der Waals surface area contributed by atoms with E-state index in [0.717, 1.165) is 17.7 Å². The summed E-state index contributed by atoms with van der Waals surface area (Å²) in [6.45, 7) is 0.0279. The first kappa shape index (κ1) is 15.8. The van der Waals surface area contributed by atoms with E-state index in [1.54, 1.807) is 30.2 Å². The van der Waals surface area contributed by atoms with Crippen molar-refractivity contribution in [3.63, 3.8) is 0 Å². The molecule has 1 heterocycles. The molecule has 0 unspecified atom stereocenters. The van der Waals surface area contributed by atoms with Gasteiger partial charge in [-0.05, 0) is 23.8 Å². The van der Waals surface area contributed by atoms with Gasteiger partial charge in [-0.1, -0.05) is 12.1 Å². The minimum Gasteiger partial charge on any atom is -0.348 e. The predicted octanol–water partition coefficient (Wildman–Crippen LogP) is 2.77. The van der Waals surface area contributed by atoms with Crippen molar-refractivity contribution in [2.45, 2.75) is 12.7 Å². The molecule has 1 N–H and O–H groups in total. The standard InChI is InChI=1S/C15H14F3N3O/c1-21-10-12(9-20-21)5-6-14(22)19-8-11-3-2-4-13(7-11)15(16,17)18/h2-7,9-10H,8H2,1H3,(H,19,22)/b6-5-. The number of benzene rings is 1. The summed E-state index contributed by atoms with van der Waals surface area (Å²) < 4.78 is 39.3. The number of aromatic nitrogens is 2. The van der Waals surface area contributed by atoms with E-state index in [0.29, 0.717) is 5.56 Å². The Morgan fingerprint density at radius 3 is 2.82 bits per heavy atom. The van der Waals surface area contributed by atoms with Gasteiger partial charge in [0, 0.05) is 31.4 Å². The molecule has 0 saturated carbocycles. The van der Waals surface area contributed by atoms with Crippen molar-refractivity contribution in [1.82, 2.24) is 15.1 Å². The lowest BCUT2D eigenvalue weighted by molar-refractivity contribution is -0.137. The average Bonchev–Trinajstić information content (AvgIpc) is 2.88. The monoisotopic (exact) mass is 309 g/mol. The molecule has 0 saturated heterocycles. The number of amides is 1. The van der Waals surface area contributed by atoms with Crippen LogP contribution in [0.3, 0.4) is 0 Å². The first-order chi connectivity index (χ1) is 10.3. The van der Waals surface area contributed by atoms with E-state index in [1.807, 2.05) is 0 Å². The van der Waals surface area contributed by atoms with Crippen molar-refractivity contribution >= 4 is 12.0 Å². The molecular weight excluding hydrogens is 295 g/mol. The van der Waals surface area contributed by atoms with Crippen LogP contribution in [0.2, 0.25) is 0 Å². The predicted molar refractivity (Wildman–Crippen MR) is 75.5 cm³/mol. The Balaban J connectivity index is 1.92.